The molecule has 2 aromatic heterocycles. The van der Waals surface area contributed by atoms with E-state index in [1.165, 1.54) is 0 Å². The van der Waals surface area contributed by atoms with Crippen LogP contribution in [-0.4, -0.2) is 64.6 Å². The standard InChI is InChI=1S/C26H28N4O3/c1-32-23-8-6-20(7-9-23)17-30-12-13-33-26(25(30)31)19-29(16-21-4-2-10-27-14-21)18-24(26)22-5-3-11-28-15-22/h2-11,14-15,24H,12-13,16-19H2,1H3/t24-,26+/m0/s1. The number of rotatable bonds is 6. The summed E-state index contributed by atoms with van der Waals surface area (Å²) in [6, 6.07) is 15.9. The third kappa shape index (κ3) is 4.34. The molecule has 0 aliphatic carbocycles. The minimum absolute atomic E-state index is 0.0482. The van der Waals surface area contributed by atoms with Gasteiger partial charge in [-0.1, -0.05) is 24.3 Å². The van der Waals surface area contributed by atoms with Crippen LogP contribution >= 0.6 is 0 Å². The Kier molecular flexibility index (Phi) is 6.07. The Balaban J connectivity index is 1.42. The van der Waals surface area contributed by atoms with Gasteiger partial charge in [-0.3, -0.25) is 19.7 Å². The fourth-order valence-corrected chi connectivity index (χ4v) is 4.97. The highest BCUT2D eigenvalue weighted by atomic mass is 16.5. The number of carbonyl (C=O) groups excluding carboxylic acids is 1. The van der Waals surface area contributed by atoms with Gasteiger partial charge in [0.15, 0.2) is 5.60 Å². The van der Waals surface area contributed by atoms with Gasteiger partial charge >= 0.3 is 0 Å². The Morgan fingerprint density at radius 2 is 1.82 bits per heavy atom. The van der Waals surface area contributed by atoms with Crippen LogP contribution in [0.3, 0.4) is 0 Å². The molecule has 4 heterocycles. The van der Waals surface area contributed by atoms with Crippen molar-refractivity contribution in [2.24, 2.45) is 0 Å². The lowest BCUT2D eigenvalue weighted by atomic mass is 9.83. The van der Waals surface area contributed by atoms with Gasteiger partial charge in [0.2, 0.25) is 0 Å². The topological polar surface area (TPSA) is 67.8 Å². The molecule has 0 saturated carbocycles. The van der Waals surface area contributed by atoms with Crippen LogP contribution in [0.15, 0.2) is 73.3 Å². The molecule has 0 unspecified atom stereocenters. The van der Waals surface area contributed by atoms with Crippen LogP contribution < -0.4 is 4.74 Å². The molecule has 0 N–H and O–H groups in total. The molecule has 1 amide bonds. The van der Waals surface area contributed by atoms with Crippen LogP contribution in [-0.2, 0) is 22.6 Å². The molecule has 170 valence electrons. The van der Waals surface area contributed by atoms with Crippen molar-refractivity contribution in [1.29, 1.82) is 0 Å². The van der Waals surface area contributed by atoms with Crippen molar-refractivity contribution in [3.63, 3.8) is 0 Å². The number of hydrogen-bond donors (Lipinski definition) is 0. The van der Waals surface area contributed by atoms with E-state index in [0.717, 1.165) is 35.5 Å². The SMILES string of the molecule is COc1ccc(CN2CCO[C@@]3(CN(Cc4cccnc4)C[C@H]3c3cccnc3)C2=O)cc1. The van der Waals surface area contributed by atoms with Crippen molar-refractivity contribution >= 4 is 5.91 Å². The third-order valence-electron chi connectivity index (χ3n) is 6.58. The monoisotopic (exact) mass is 444 g/mol. The van der Waals surface area contributed by atoms with Gasteiger partial charge in [-0.25, -0.2) is 0 Å². The maximum Gasteiger partial charge on any atom is 0.257 e. The number of morpholine rings is 1. The Morgan fingerprint density at radius 1 is 1.03 bits per heavy atom. The summed E-state index contributed by atoms with van der Waals surface area (Å²) >= 11 is 0. The predicted molar refractivity (Wildman–Crippen MR) is 124 cm³/mol. The number of methoxy groups -OCH3 is 1. The Bertz CT molecular complexity index is 1080. The lowest BCUT2D eigenvalue weighted by molar-refractivity contribution is -0.173. The molecule has 2 saturated heterocycles. The zero-order chi connectivity index (χ0) is 22.7. The molecule has 33 heavy (non-hydrogen) atoms. The molecular formula is C26H28N4O3. The number of pyridine rings is 2. The first-order chi connectivity index (χ1) is 16.2. The van der Waals surface area contributed by atoms with Gasteiger partial charge in [0, 0.05) is 63.4 Å². The first-order valence-corrected chi connectivity index (χ1v) is 11.3. The summed E-state index contributed by atoms with van der Waals surface area (Å²) in [6.45, 7) is 3.63. The average Bonchev–Trinajstić information content (AvgIpc) is 3.22. The molecule has 5 rings (SSSR count). The van der Waals surface area contributed by atoms with E-state index in [2.05, 4.69) is 20.9 Å². The summed E-state index contributed by atoms with van der Waals surface area (Å²) < 4.78 is 11.6. The quantitative estimate of drug-likeness (QED) is 0.583. The number of benzene rings is 1. The molecule has 2 atom stereocenters. The fourth-order valence-electron chi connectivity index (χ4n) is 4.97. The van der Waals surface area contributed by atoms with E-state index in [1.807, 2.05) is 59.8 Å². The number of aromatic nitrogens is 2. The van der Waals surface area contributed by atoms with Gasteiger partial charge in [-0.15, -0.1) is 0 Å². The number of carbonyl (C=O) groups is 1. The Hall–Kier alpha value is -3.29. The van der Waals surface area contributed by atoms with Gasteiger partial charge < -0.3 is 14.4 Å². The third-order valence-corrected chi connectivity index (χ3v) is 6.58. The maximum absolute atomic E-state index is 14.0. The zero-order valence-corrected chi connectivity index (χ0v) is 18.8. The number of hydrogen-bond acceptors (Lipinski definition) is 6. The summed E-state index contributed by atoms with van der Waals surface area (Å²) in [5, 5.41) is 0. The highest BCUT2D eigenvalue weighted by Gasteiger charge is 2.56. The Morgan fingerprint density at radius 3 is 2.52 bits per heavy atom. The van der Waals surface area contributed by atoms with Crippen molar-refractivity contribution in [2.45, 2.75) is 24.6 Å². The summed E-state index contributed by atoms with van der Waals surface area (Å²) in [5.41, 5.74) is 2.31. The smallest absolute Gasteiger partial charge is 0.257 e. The number of ether oxygens (including phenoxy) is 2. The number of amides is 1. The van der Waals surface area contributed by atoms with Crippen LogP contribution in [0.1, 0.15) is 22.6 Å². The van der Waals surface area contributed by atoms with Crippen molar-refractivity contribution in [2.75, 3.05) is 33.4 Å². The van der Waals surface area contributed by atoms with Crippen LogP contribution in [0.5, 0.6) is 5.75 Å². The summed E-state index contributed by atoms with van der Waals surface area (Å²) in [7, 11) is 1.65. The predicted octanol–water partition coefficient (Wildman–Crippen LogP) is 2.88. The van der Waals surface area contributed by atoms with Crippen molar-refractivity contribution in [3.05, 3.63) is 90.0 Å². The van der Waals surface area contributed by atoms with Crippen LogP contribution in [0.25, 0.3) is 0 Å². The molecule has 2 fully saturated rings. The maximum atomic E-state index is 14.0. The second-order valence-electron chi connectivity index (χ2n) is 8.68. The minimum Gasteiger partial charge on any atom is -0.497 e. The zero-order valence-electron chi connectivity index (χ0n) is 18.8. The molecule has 0 radical (unpaired) electrons. The van der Waals surface area contributed by atoms with E-state index in [-0.39, 0.29) is 11.8 Å². The first kappa shape index (κ1) is 21.6. The highest BCUT2D eigenvalue weighted by molar-refractivity contribution is 5.88. The highest BCUT2D eigenvalue weighted by Crippen LogP contribution is 2.42. The lowest BCUT2D eigenvalue weighted by Crippen LogP contribution is -2.59. The molecule has 1 spiro atoms. The van der Waals surface area contributed by atoms with Crippen LogP contribution in [0.4, 0.5) is 0 Å². The summed E-state index contributed by atoms with van der Waals surface area (Å²) in [4.78, 5) is 26.8. The van der Waals surface area contributed by atoms with Gasteiger partial charge in [-0.05, 0) is 41.0 Å². The summed E-state index contributed by atoms with van der Waals surface area (Å²) in [6.07, 6.45) is 7.28. The molecule has 7 nitrogen and oxygen atoms in total. The van der Waals surface area contributed by atoms with E-state index >= 15 is 0 Å². The normalized spacial score (nSPS) is 23.2. The largest absolute Gasteiger partial charge is 0.497 e. The molecule has 7 heteroatoms. The lowest BCUT2D eigenvalue weighted by Gasteiger charge is -2.42. The van der Waals surface area contributed by atoms with Gasteiger partial charge in [0.1, 0.15) is 5.75 Å². The van der Waals surface area contributed by atoms with E-state index in [4.69, 9.17) is 9.47 Å². The van der Waals surface area contributed by atoms with Gasteiger partial charge in [-0.2, -0.15) is 0 Å². The van der Waals surface area contributed by atoms with E-state index in [9.17, 15) is 4.79 Å². The average molecular weight is 445 g/mol. The fraction of sp³-hybridized carbons (Fsp3) is 0.346. The first-order valence-electron chi connectivity index (χ1n) is 11.3. The number of likely N-dealkylation sites (tertiary alicyclic amines) is 1. The molecular weight excluding hydrogens is 416 g/mol. The molecule has 1 aromatic carbocycles. The molecule has 2 aliphatic heterocycles. The summed E-state index contributed by atoms with van der Waals surface area (Å²) in [5.74, 6) is 0.767. The second-order valence-corrected chi connectivity index (χ2v) is 8.68. The van der Waals surface area contributed by atoms with Crippen LogP contribution in [0, 0.1) is 0 Å². The molecule has 3 aromatic rings. The van der Waals surface area contributed by atoms with Gasteiger partial charge in [0.25, 0.3) is 5.91 Å². The van der Waals surface area contributed by atoms with Crippen molar-refractivity contribution in [3.8, 4) is 5.75 Å². The van der Waals surface area contributed by atoms with Crippen molar-refractivity contribution in [1.82, 2.24) is 19.8 Å². The van der Waals surface area contributed by atoms with E-state index < -0.39 is 5.60 Å². The second kappa shape index (κ2) is 9.29. The van der Waals surface area contributed by atoms with E-state index in [0.29, 0.717) is 26.2 Å². The van der Waals surface area contributed by atoms with Crippen LogP contribution in [0.2, 0.25) is 0 Å². The number of nitrogens with zero attached hydrogens (tertiary/aromatic N) is 4. The van der Waals surface area contributed by atoms with Crippen molar-refractivity contribution < 1.29 is 14.3 Å². The minimum atomic E-state index is -0.921. The Labute approximate surface area is 194 Å². The van der Waals surface area contributed by atoms with Gasteiger partial charge in [0.05, 0.1) is 13.7 Å². The molecule has 0 bridgehead atoms. The molecule has 2 aliphatic rings. The van der Waals surface area contributed by atoms with E-state index in [1.54, 1.807) is 19.5 Å².